The lowest BCUT2D eigenvalue weighted by atomic mass is 10.3. The fraction of sp³-hybridized carbons (Fsp3) is 0.571. The van der Waals surface area contributed by atoms with E-state index < -0.39 is 0 Å². The minimum Gasteiger partial charge on any atom is -0.298 e. The van der Waals surface area contributed by atoms with E-state index in [9.17, 15) is 0 Å². The van der Waals surface area contributed by atoms with Gasteiger partial charge in [-0.2, -0.15) is 5.26 Å². The lowest BCUT2D eigenvalue weighted by Gasteiger charge is -1.99. The van der Waals surface area contributed by atoms with E-state index in [0.717, 1.165) is 13.0 Å². The fourth-order valence-corrected chi connectivity index (χ4v) is 0.430. The van der Waals surface area contributed by atoms with Gasteiger partial charge in [-0.15, -0.1) is 6.58 Å². The van der Waals surface area contributed by atoms with E-state index in [1.54, 1.807) is 6.08 Å². The van der Waals surface area contributed by atoms with Gasteiger partial charge in [-0.1, -0.05) is 6.08 Å². The second-order valence-electron chi connectivity index (χ2n) is 1.76. The van der Waals surface area contributed by atoms with Gasteiger partial charge in [0.05, 0.1) is 12.7 Å². The molecule has 0 bridgehead atoms. The molecule has 0 saturated heterocycles. The highest BCUT2D eigenvalue weighted by Gasteiger charge is 1.84. The van der Waals surface area contributed by atoms with Gasteiger partial charge in [0.1, 0.15) is 0 Å². The molecule has 0 amide bonds. The van der Waals surface area contributed by atoms with Crippen molar-refractivity contribution in [2.24, 2.45) is 0 Å². The maximum absolute atomic E-state index is 8.13. The summed E-state index contributed by atoms with van der Waals surface area (Å²) >= 11 is 0. The smallest absolute Gasteiger partial charge is 0.0861 e. The minimum absolute atomic E-state index is 0.507. The van der Waals surface area contributed by atoms with Gasteiger partial charge >= 0.3 is 0 Å². The number of nitrogens with zero attached hydrogens (tertiary/aromatic N) is 1. The average Bonchev–Trinajstić information content (AvgIpc) is 1.97. The number of nitriles is 1. The Morgan fingerprint density at radius 2 is 2.50 bits per heavy atom. The molecule has 0 atom stereocenters. The summed E-state index contributed by atoms with van der Waals surface area (Å²) in [7, 11) is 0. The summed E-state index contributed by atoms with van der Waals surface area (Å²) in [6.07, 6.45) is 3.06. The molecular weight excluding hydrogens is 128 g/mol. The van der Waals surface area contributed by atoms with Gasteiger partial charge in [0.25, 0.3) is 0 Å². The first-order chi connectivity index (χ1) is 4.91. The summed E-state index contributed by atoms with van der Waals surface area (Å²) < 4.78 is 0. The molecule has 0 aliphatic carbocycles. The highest BCUT2D eigenvalue weighted by molar-refractivity contribution is 4.68. The highest BCUT2D eigenvalue weighted by atomic mass is 16.6. The first kappa shape index (κ1) is 9.15. The lowest BCUT2D eigenvalue weighted by Crippen LogP contribution is -2.15. The third-order valence-electron chi connectivity index (χ3n) is 0.871. The fourth-order valence-electron chi connectivity index (χ4n) is 0.430. The van der Waals surface area contributed by atoms with E-state index in [2.05, 4.69) is 12.1 Å². The van der Waals surface area contributed by atoms with E-state index in [4.69, 9.17) is 10.1 Å². The number of unbranched alkanes of at least 4 members (excludes halogenated alkanes) is 1. The van der Waals surface area contributed by atoms with Gasteiger partial charge < -0.3 is 0 Å². The Hall–Kier alpha value is -0.850. The van der Waals surface area contributed by atoms with E-state index in [1.807, 2.05) is 6.07 Å². The molecule has 0 aromatic rings. The Morgan fingerprint density at radius 1 is 1.70 bits per heavy atom. The molecule has 0 aliphatic rings. The third kappa shape index (κ3) is 7.15. The van der Waals surface area contributed by atoms with Crippen molar-refractivity contribution in [3.8, 4) is 6.07 Å². The Bertz CT molecular complexity index is 117. The van der Waals surface area contributed by atoms with E-state index in [-0.39, 0.29) is 0 Å². The zero-order chi connectivity index (χ0) is 7.66. The summed E-state index contributed by atoms with van der Waals surface area (Å²) in [6.45, 7) is 4.71. The second-order valence-corrected chi connectivity index (χ2v) is 1.76. The van der Waals surface area contributed by atoms with Gasteiger partial charge in [-0.25, -0.2) is 5.48 Å². The molecule has 10 heavy (non-hydrogen) atoms. The molecular formula is C7H12N2O. The molecule has 0 unspecified atom stereocenters. The van der Waals surface area contributed by atoms with Crippen LogP contribution in [0, 0.1) is 11.3 Å². The molecule has 0 aromatic carbocycles. The molecule has 1 N–H and O–H groups in total. The van der Waals surface area contributed by atoms with Crippen LogP contribution in [0.2, 0.25) is 0 Å². The molecule has 0 fully saturated rings. The zero-order valence-corrected chi connectivity index (χ0v) is 5.97. The first-order valence-electron chi connectivity index (χ1n) is 3.24. The van der Waals surface area contributed by atoms with Crippen LogP contribution in [-0.4, -0.2) is 13.2 Å². The molecule has 0 saturated carbocycles. The van der Waals surface area contributed by atoms with Gasteiger partial charge in [0.2, 0.25) is 0 Å². The summed E-state index contributed by atoms with van der Waals surface area (Å²) in [6, 6.07) is 2.04. The molecule has 0 aliphatic heterocycles. The summed E-state index contributed by atoms with van der Waals surface area (Å²) in [5, 5.41) is 8.13. The zero-order valence-electron chi connectivity index (χ0n) is 5.97. The van der Waals surface area contributed by atoms with Crippen molar-refractivity contribution in [1.82, 2.24) is 5.48 Å². The Kier molecular flexibility index (Phi) is 7.46. The van der Waals surface area contributed by atoms with Gasteiger partial charge in [0, 0.05) is 13.0 Å². The van der Waals surface area contributed by atoms with E-state index in [1.165, 1.54) is 0 Å². The summed E-state index contributed by atoms with van der Waals surface area (Å²) in [5.74, 6) is 0. The number of hydrogen-bond donors (Lipinski definition) is 1. The number of nitrogens with one attached hydrogen (secondary N) is 1. The number of rotatable bonds is 6. The third-order valence-corrected chi connectivity index (χ3v) is 0.871. The Balaban J connectivity index is 2.78. The maximum atomic E-state index is 8.13. The number of hydrogen-bond acceptors (Lipinski definition) is 3. The van der Waals surface area contributed by atoms with Crippen LogP contribution in [0.1, 0.15) is 12.8 Å². The average molecular weight is 140 g/mol. The summed E-state index contributed by atoms with van der Waals surface area (Å²) in [4.78, 5) is 4.85. The molecule has 0 radical (unpaired) electrons. The summed E-state index contributed by atoms with van der Waals surface area (Å²) in [5.41, 5.74) is 2.70. The van der Waals surface area contributed by atoms with Gasteiger partial charge in [-0.3, -0.25) is 4.84 Å². The Labute approximate surface area is 61.2 Å². The van der Waals surface area contributed by atoms with Crippen molar-refractivity contribution in [2.75, 3.05) is 13.2 Å². The molecule has 3 nitrogen and oxygen atoms in total. The van der Waals surface area contributed by atoms with Crippen LogP contribution < -0.4 is 5.48 Å². The SMILES string of the molecule is C=CCONCCCC#N. The minimum atomic E-state index is 0.507. The van der Waals surface area contributed by atoms with Crippen molar-refractivity contribution < 1.29 is 4.84 Å². The van der Waals surface area contributed by atoms with Crippen LogP contribution in [0.25, 0.3) is 0 Å². The van der Waals surface area contributed by atoms with Crippen LogP contribution in [0.3, 0.4) is 0 Å². The molecule has 0 spiro atoms. The van der Waals surface area contributed by atoms with Crippen molar-refractivity contribution >= 4 is 0 Å². The molecule has 3 heteroatoms. The largest absolute Gasteiger partial charge is 0.298 e. The monoisotopic (exact) mass is 140 g/mol. The Morgan fingerprint density at radius 3 is 3.10 bits per heavy atom. The van der Waals surface area contributed by atoms with Crippen LogP contribution in [0.15, 0.2) is 12.7 Å². The van der Waals surface area contributed by atoms with Gasteiger partial charge in [0.15, 0.2) is 0 Å². The lowest BCUT2D eigenvalue weighted by molar-refractivity contribution is 0.0623. The normalized spacial score (nSPS) is 8.70. The molecule has 56 valence electrons. The van der Waals surface area contributed by atoms with Crippen molar-refractivity contribution in [2.45, 2.75) is 12.8 Å². The second kappa shape index (κ2) is 8.15. The maximum Gasteiger partial charge on any atom is 0.0861 e. The van der Waals surface area contributed by atoms with Crippen LogP contribution in [-0.2, 0) is 4.84 Å². The van der Waals surface area contributed by atoms with Crippen LogP contribution in [0.4, 0.5) is 0 Å². The predicted octanol–water partition coefficient (Wildman–Crippen LogP) is 0.997. The molecule has 0 aromatic heterocycles. The van der Waals surface area contributed by atoms with Crippen molar-refractivity contribution in [3.05, 3.63) is 12.7 Å². The van der Waals surface area contributed by atoms with Crippen LogP contribution >= 0.6 is 0 Å². The van der Waals surface area contributed by atoms with Gasteiger partial charge in [-0.05, 0) is 6.42 Å². The van der Waals surface area contributed by atoms with Crippen molar-refractivity contribution in [3.63, 3.8) is 0 Å². The standard InChI is InChI=1S/C7H12N2O/c1-2-7-10-9-6-4-3-5-8/h2,9H,1,3-4,6-7H2. The van der Waals surface area contributed by atoms with Crippen molar-refractivity contribution in [1.29, 1.82) is 5.26 Å². The van der Waals surface area contributed by atoms with E-state index in [0.29, 0.717) is 13.0 Å². The van der Waals surface area contributed by atoms with E-state index >= 15 is 0 Å². The number of hydroxylamine groups is 1. The first-order valence-corrected chi connectivity index (χ1v) is 3.24. The highest BCUT2D eigenvalue weighted by Crippen LogP contribution is 1.82. The van der Waals surface area contributed by atoms with Crippen LogP contribution in [0.5, 0.6) is 0 Å². The quantitative estimate of drug-likeness (QED) is 0.340. The predicted molar refractivity (Wildman–Crippen MR) is 39.0 cm³/mol. The topological polar surface area (TPSA) is 45.0 Å². The molecule has 0 heterocycles. The molecule has 0 rings (SSSR count).